The van der Waals surface area contributed by atoms with Crippen LogP contribution < -0.4 is 14.8 Å². The summed E-state index contributed by atoms with van der Waals surface area (Å²) in [6.45, 7) is 1.27. The normalized spacial score (nSPS) is 11.9. The lowest BCUT2D eigenvalue weighted by Crippen LogP contribution is -2.30. The van der Waals surface area contributed by atoms with Gasteiger partial charge in [-0.15, -0.1) is 0 Å². The highest BCUT2D eigenvalue weighted by atomic mass is 32.2. The van der Waals surface area contributed by atoms with E-state index in [1.807, 2.05) is 0 Å². The minimum atomic E-state index is -3.85. The number of carbonyl (C=O) groups is 2. The molecule has 1 atom stereocenters. The number of hydrogen-bond acceptors (Lipinski definition) is 9. The predicted molar refractivity (Wildman–Crippen MR) is 122 cm³/mol. The van der Waals surface area contributed by atoms with E-state index in [9.17, 15) is 28.1 Å². The number of nitrogens with one attached hydrogen (secondary N) is 2. The lowest BCUT2D eigenvalue weighted by molar-refractivity contribution is -0.384. The van der Waals surface area contributed by atoms with Gasteiger partial charge in [-0.2, -0.15) is 0 Å². The second kappa shape index (κ2) is 10.8. The Balaban J connectivity index is 1.62. The van der Waals surface area contributed by atoms with Crippen molar-refractivity contribution in [2.45, 2.75) is 24.5 Å². The molecule has 0 aliphatic heterocycles. The summed E-state index contributed by atoms with van der Waals surface area (Å²) in [7, 11) is -2.52. The molecule has 1 heterocycles. The van der Waals surface area contributed by atoms with Gasteiger partial charge in [0.05, 0.1) is 41.0 Å². The summed E-state index contributed by atoms with van der Waals surface area (Å²) in [4.78, 5) is 35.2. The van der Waals surface area contributed by atoms with Crippen LogP contribution in [0, 0.1) is 10.1 Å². The molecule has 0 radical (unpaired) electrons. The summed E-state index contributed by atoms with van der Waals surface area (Å²) >= 11 is 0. The number of benzene rings is 2. The average Bonchev–Trinajstić information content (AvgIpc) is 3.36. The van der Waals surface area contributed by atoms with Crippen molar-refractivity contribution in [2.75, 3.05) is 12.4 Å². The van der Waals surface area contributed by atoms with Gasteiger partial charge in [0.15, 0.2) is 6.10 Å². The van der Waals surface area contributed by atoms with Crippen molar-refractivity contribution in [1.82, 2.24) is 4.72 Å². The molecule has 1 amide bonds. The van der Waals surface area contributed by atoms with Crippen molar-refractivity contribution in [2.24, 2.45) is 0 Å². The molecule has 0 bridgehead atoms. The van der Waals surface area contributed by atoms with Crippen molar-refractivity contribution >= 4 is 33.3 Å². The number of ether oxygens (including phenoxy) is 2. The van der Waals surface area contributed by atoms with Crippen molar-refractivity contribution < 1.29 is 36.8 Å². The number of sulfonamides is 1. The largest absolute Gasteiger partial charge is 0.495 e. The maximum absolute atomic E-state index is 12.5. The first kappa shape index (κ1) is 25.4. The number of furan rings is 1. The van der Waals surface area contributed by atoms with Crippen molar-refractivity contribution in [3.63, 3.8) is 0 Å². The van der Waals surface area contributed by atoms with Gasteiger partial charge in [0.1, 0.15) is 11.5 Å². The average molecular weight is 503 g/mol. The zero-order chi connectivity index (χ0) is 25.6. The van der Waals surface area contributed by atoms with Crippen LogP contribution in [0.1, 0.15) is 23.0 Å². The standard InChI is InChI=1S/C22H21N3O9S/c1-14(21(26)24-19-12-16(25(28)29)7-10-20(19)32-2)34-22(27)15-5-8-18(9-6-15)35(30,31)23-13-17-4-3-11-33-17/h3-12,14,23H,13H2,1-2H3,(H,24,26). The Bertz CT molecular complexity index is 1320. The molecule has 1 aromatic heterocycles. The quantitative estimate of drug-likeness (QED) is 0.240. The van der Waals surface area contributed by atoms with E-state index in [-0.39, 0.29) is 34.1 Å². The maximum atomic E-state index is 12.5. The fourth-order valence-electron chi connectivity index (χ4n) is 2.86. The molecule has 0 aliphatic carbocycles. The fraction of sp³-hybridized carbons (Fsp3) is 0.182. The SMILES string of the molecule is COc1ccc([N+](=O)[O-])cc1NC(=O)C(C)OC(=O)c1ccc(S(=O)(=O)NCc2ccco2)cc1. The molecule has 0 saturated carbocycles. The molecule has 2 N–H and O–H groups in total. The number of carbonyl (C=O) groups excluding carboxylic acids is 2. The number of esters is 1. The van der Waals surface area contributed by atoms with Crippen LogP contribution in [-0.4, -0.2) is 38.4 Å². The van der Waals surface area contributed by atoms with E-state index >= 15 is 0 Å². The number of anilines is 1. The lowest BCUT2D eigenvalue weighted by atomic mass is 10.2. The molecule has 184 valence electrons. The highest BCUT2D eigenvalue weighted by Gasteiger charge is 2.22. The Morgan fingerprint density at radius 1 is 1.14 bits per heavy atom. The molecule has 13 heteroatoms. The lowest BCUT2D eigenvalue weighted by Gasteiger charge is -2.15. The molecule has 3 rings (SSSR count). The smallest absolute Gasteiger partial charge is 0.338 e. The molecule has 0 spiro atoms. The third kappa shape index (κ3) is 6.43. The maximum Gasteiger partial charge on any atom is 0.338 e. The zero-order valence-corrected chi connectivity index (χ0v) is 19.4. The van der Waals surface area contributed by atoms with Crippen LogP contribution in [0.5, 0.6) is 5.75 Å². The number of non-ortho nitro benzene ring substituents is 1. The van der Waals surface area contributed by atoms with Gasteiger partial charge in [-0.1, -0.05) is 0 Å². The predicted octanol–water partition coefficient (Wildman–Crippen LogP) is 2.86. The number of hydrogen-bond donors (Lipinski definition) is 2. The Hall–Kier alpha value is -4.23. The van der Waals surface area contributed by atoms with E-state index in [4.69, 9.17) is 13.9 Å². The van der Waals surface area contributed by atoms with E-state index in [1.165, 1.54) is 56.7 Å². The third-order valence-corrected chi connectivity index (χ3v) is 6.14. The van der Waals surface area contributed by atoms with Gasteiger partial charge < -0.3 is 19.2 Å². The molecular weight excluding hydrogens is 482 g/mol. The third-order valence-electron chi connectivity index (χ3n) is 4.72. The van der Waals surface area contributed by atoms with Crippen LogP contribution in [0.4, 0.5) is 11.4 Å². The van der Waals surface area contributed by atoms with Crippen molar-refractivity contribution in [1.29, 1.82) is 0 Å². The topological polar surface area (TPSA) is 167 Å². The summed E-state index contributed by atoms with van der Waals surface area (Å²) in [5, 5.41) is 13.4. The molecule has 0 aliphatic rings. The first-order chi connectivity index (χ1) is 16.6. The van der Waals surface area contributed by atoms with Gasteiger partial charge in [0.25, 0.3) is 11.6 Å². The number of nitrogens with zero attached hydrogens (tertiary/aromatic N) is 1. The van der Waals surface area contributed by atoms with Crippen molar-refractivity contribution in [3.8, 4) is 5.75 Å². The molecule has 1 unspecified atom stereocenters. The summed E-state index contributed by atoms with van der Waals surface area (Å²) in [5.41, 5.74) is -0.215. The van der Waals surface area contributed by atoms with E-state index in [1.54, 1.807) is 12.1 Å². The Morgan fingerprint density at radius 2 is 1.86 bits per heavy atom. The molecular formula is C22H21N3O9S. The van der Waals surface area contributed by atoms with E-state index < -0.39 is 32.9 Å². The molecule has 12 nitrogen and oxygen atoms in total. The van der Waals surface area contributed by atoms with Crippen LogP contribution in [0.2, 0.25) is 0 Å². The fourth-order valence-corrected chi connectivity index (χ4v) is 3.85. The zero-order valence-electron chi connectivity index (χ0n) is 18.6. The summed E-state index contributed by atoms with van der Waals surface area (Å²) < 4.78 is 42.5. The van der Waals surface area contributed by atoms with Gasteiger partial charge in [0.2, 0.25) is 10.0 Å². The number of rotatable bonds is 10. The minimum Gasteiger partial charge on any atom is -0.495 e. The number of amides is 1. The van der Waals surface area contributed by atoms with Gasteiger partial charge >= 0.3 is 5.97 Å². The number of nitro groups is 1. The van der Waals surface area contributed by atoms with Crippen LogP contribution in [-0.2, 0) is 26.1 Å². The van der Waals surface area contributed by atoms with E-state index in [0.717, 1.165) is 6.07 Å². The van der Waals surface area contributed by atoms with E-state index in [2.05, 4.69) is 10.0 Å². The van der Waals surface area contributed by atoms with Gasteiger partial charge in [-0.25, -0.2) is 17.9 Å². The minimum absolute atomic E-state index is 0.0163. The summed E-state index contributed by atoms with van der Waals surface area (Å²) in [6, 6.07) is 11.8. The molecule has 2 aromatic carbocycles. The summed E-state index contributed by atoms with van der Waals surface area (Å²) in [5.74, 6) is -1.01. The highest BCUT2D eigenvalue weighted by molar-refractivity contribution is 7.89. The Morgan fingerprint density at radius 3 is 2.46 bits per heavy atom. The monoisotopic (exact) mass is 503 g/mol. The van der Waals surface area contributed by atoms with Crippen LogP contribution >= 0.6 is 0 Å². The highest BCUT2D eigenvalue weighted by Crippen LogP contribution is 2.29. The molecule has 35 heavy (non-hydrogen) atoms. The second-order valence-electron chi connectivity index (χ2n) is 7.11. The van der Waals surface area contributed by atoms with Crippen LogP contribution in [0.3, 0.4) is 0 Å². The van der Waals surface area contributed by atoms with E-state index in [0.29, 0.717) is 5.76 Å². The molecule has 0 fully saturated rings. The van der Waals surface area contributed by atoms with Crippen LogP contribution in [0.25, 0.3) is 0 Å². The Labute approximate surface area is 200 Å². The Kier molecular flexibility index (Phi) is 7.83. The van der Waals surface area contributed by atoms with Gasteiger partial charge in [-0.05, 0) is 49.4 Å². The van der Waals surface area contributed by atoms with Crippen LogP contribution in [0.15, 0.2) is 70.2 Å². The molecule has 3 aromatic rings. The number of methoxy groups -OCH3 is 1. The first-order valence-corrected chi connectivity index (χ1v) is 11.6. The first-order valence-electron chi connectivity index (χ1n) is 10.1. The second-order valence-corrected chi connectivity index (χ2v) is 8.87. The number of nitro benzene ring substituents is 1. The van der Waals surface area contributed by atoms with Crippen molar-refractivity contribution in [3.05, 3.63) is 82.3 Å². The van der Waals surface area contributed by atoms with Gasteiger partial charge in [0, 0.05) is 12.1 Å². The molecule has 0 saturated heterocycles. The van der Waals surface area contributed by atoms with Gasteiger partial charge in [-0.3, -0.25) is 14.9 Å². The summed E-state index contributed by atoms with van der Waals surface area (Å²) in [6.07, 6.45) is 0.149.